The Hall–Kier alpha value is -3.49. The third-order valence-corrected chi connectivity index (χ3v) is 6.26. The fourth-order valence-corrected chi connectivity index (χ4v) is 4.53. The molecule has 1 aliphatic rings. The Morgan fingerprint density at radius 1 is 1.26 bits per heavy atom. The van der Waals surface area contributed by atoms with Crippen molar-refractivity contribution in [2.45, 2.75) is 6.18 Å². The molecule has 3 aromatic rings. The molecule has 2 aromatic carbocycles. The van der Waals surface area contributed by atoms with E-state index in [0.29, 0.717) is 26.3 Å². The lowest BCUT2D eigenvalue weighted by Gasteiger charge is -2.27. The molecule has 200 valence electrons. The van der Waals surface area contributed by atoms with Gasteiger partial charge >= 0.3 is 6.18 Å². The molecule has 4 rings (SSSR count). The number of halogens is 6. The molecule has 0 saturated carbocycles. The Morgan fingerprint density at radius 3 is 2.71 bits per heavy atom. The van der Waals surface area contributed by atoms with Gasteiger partial charge in [-0.2, -0.15) is 23.3 Å². The summed E-state index contributed by atoms with van der Waals surface area (Å²) in [5.41, 5.74) is 1.68. The maximum absolute atomic E-state index is 14.3. The standard InChI is InChI=1S/C23H19BrClF4N7O2/c24-15-9-16(25)19(37)14(18(15)20(30)33-13-3-1-2-12(8-13)23(27,28)29)10-32-35-22-31-11-17(26)21(34-22)36-4-6-38-7-5-36/h1-3,8-11,37H,4-7H2,(H2,30,33)(H,31,34,35)/b32-10-. The molecule has 9 nitrogen and oxygen atoms in total. The van der Waals surface area contributed by atoms with Crippen molar-refractivity contribution in [3.05, 3.63) is 68.5 Å². The number of phenols is 1. The first kappa shape index (κ1) is 27.5. The number of aromatic nitrogens is 2. The summed E-state index contributed by atoms with van der Waals surface area (Å²) in [5.74, 6) is -1.36. The SMILES string of the molecule is N=C(Nc1cccc(C(F)(F)F)c1)c1c(Br)cc(Cl)c(O)c1/C=N\Nc1ncc(F)c(N2CCOCC2)n1. The van der Waals surface area contributed by atoms with Crippen LogP contribution in [-0.4, -0.2) is 53.4 Å². The van der Waals surface area contributed by atoms with Crippen LogP contribution in [-0.2, 0) is 10.9 Å². The minimum Gasteiger partial charge on any atom is -0.506 e. The topological polar surface area (TPSA) is 119 Å². The highest BCUT2D eigenvalue weighted by Gasteiger charge is 2.30. The van der Waals surface area contributed by atoms with Crippen molar-refractivity contribution in [2.75, 3.05) is 41.9 Å². The number of aromatic hydroxyl groups is 1. The molecule has 0 unspecified atom stereocenters. The lowest BCUT2D eigenvalue weighted by atomic mass is 10.1. The fraction of sp³-hybridized carbons (Fsp3) is 0.217. The van der Waals surface area contributed by atoms with E-state index >= 15 is 0 Å². The zero-order valence-electron chi connectivity index (χ0n) is 19.3. The lowest BCUT2D eigenvalue weighted by Crippen LogP contribution is -2.37. The maximum atomic E-state index is 14.3. The van der Waals surface area contributed by atoms with Crippen molar-refractivity contribution in [3.63, 3.8) is 0 Å². The molecule has 0 aliphatic carbocycles. The van der Waals surface area contributed by atoms with Crippen molar-refractivity contribution in [1.82, 2.24) is 9.97 Å². The Balaban J connectivity index is 1.59. The van der Waals surface area contributed by atoms with Gasteiger partial charge in [-0.1, -0.05) is 17.7 Å². The van der Waals surface area contributed by atoms with E-state index in [4.69, 9.17) is 21.7 Å². The molecule has 2 heterocycles. The van der Waals surface area contributed by atoms with Crippen LogP contribution in [0, 0.1) is 11.2 Å². The summed E-state index contributed by atoms with van der Waals surface area (Å²) in [4.78, 5) is 9.69. The van der Waals surface area contributed by atoms with E-state index in [2.05, 4.69) is 41.7 Å². The molecular formula is C23H19BrClF4N7O2. The number of morpholine rings is 1. The molecule has 1 saturated heterocycles. The van der Waals surface area contributed by atoms with Gasteiger partial charge < -0.3 is 20.1 Å². The van der Waals surface area contributed by atoms with E-state index < -0.39 is 23.3 Å². The van der Waals surface area contributed by atoms with Gasteiger partial charge in [-0.15, -0.1) is 0 Å². The number of amidine groups is 1. The Kier molecular flexibility index (Phi) is 8.33. The number of hydrogen-bond acceptors (Lipinski definition) is 8. The molecular weight excluding hydrogens is 598 g/mol. The van der Waals surface area contributed by atoms with Gasteiger partial charge in [0.1, 0.15) is 11.6 Å². The van der Waals surface area contributed by atoms with Crippen molar-refractivity contribution in [3.8, 4) is 5.75 Å². The van der Waals surface area contributed by atoms with Crippen LogP contribution in [0.2, 0.25) is 5.02 Å². The van der Waals surface area contributed by atoms with Gasteiger partial charge in [-0.05, 0) is 40.2 Å². The van der Waals surface area contributed by atoms with Crippen molar-refractivity contribution in [2.24, 2.45) is 5.10 Å². The van der Waals surface area contributed by atoms with Gasteiger partial charge in [-0.3, -0.25) is 5.41 Å². The van der Waals surface area contributed by atoms with Gasteiger partial charge in [0.15, 0.2) is 11.6 Å². The van der Waals surface area contributed by atoms with Crippen LogP contribution in [0.3, 0.4) is 0 Å². The lowest BCUT2D eigenvalue weighted by molar-refractivity contribution is -0.137. The largest absolute Gasteiger partial charge is 0.506 e. The fourth-order valence-electron chi connectivity index (χ4n) is 3.55. The summed E-state index contributed by atoms with van der Waals surface area (Å²) in [6.45, 7) is 1.75. The number of phenolic OH excluding ortho intramolecular Hbond substituents is 1. The number of hydrazone groups is 1. The van der Waals surface area contributed by atoms with Crippen molar-refractivity contribution < 1.29 is 27.4 Å². The van der Waals surface area contributed by atoms with Crippen LogP contribution in [0.25, 0.3) is 0 Å². The predicted octanol–water partition coefficient (Wildman–Crippen LogP) is 5.48. The van der Waals surface area contributed by atoms with Gasteiger partial charge in [0.05, 0.1) is 36.2 Å². The van der Waals surface area contributed by atoms with Crippen LogP contribution in [0.5, 0.6) is 5.75 Å². The average molecular weight is 617 g/mol. The van der Waals surface area contributed by atoms with Crippen LogP contribution >= 0.6 is 27.5 Å². The molecule has 1 aromatic heterocycles. The number of hydrogen-bond donors (Lipinski definition) is 4. The second kappa shape index (κ2) is 11.5. The summed E-state index contributed by atoms with van der Waals surface area (Å²) in [6, 6.07) is 5.65. The smallest absolute Gasteiger partial charge is 0.416 e. The molecule has 1 fully saturated rings. The van der Waals surface area contributed by atoms with E-state index in [1.54, 1.807) is 4.90 Å². The molecule has 38 heavy (non-hydrogen) atoms. The summed E-state index contributed by atoms with van der Waals surface area (Å²) in [6.07, 6.45) is -2.44. The first-order chi connectivity index (χ1) is 18.0. The van der Waals surface area contributed by atoms with Crippen LogP contribution in [0.15, 0.2) is 46.1 Å². The highest BCUT2D eigenvalue weighted by atomic mass is 79.9. The maximum Gasteiger partial charge on any atom is 0.416 e. The minimum absolute atomic E-state index is 0.00235. The summed E-state index contributed by atoms with van der Waals surface area (Å²) >= 11 is 9.36. The third kappa shape index (κ3) is 6.31. The van der Waals surface area contributed by atoms with Crippen LogP contribution < -0.4 is 15.6 Å². The molecule has 0 bridgehead atoms. The molecule has 0 radical (unpaired) electrons. The summed E-state index contributed by atoms with van der Waals surface area (Å²) in [5, 5.41) is 25.6. The summed E-state index contributed by atoms with van der Waals surface area (Å²) < 4.78 is 59.1. The second-order valence-electron chi connectivity index (χ2n) is 7.89. The number of alkyl halides is 3. The van der Waals surface area contributed by atoms with Gasteiger partial charge in [0, 0.05) is 34.4 Å². The van der Waals surface area contributed by atoms with E-state index in [0.717, 1.165) is 24.5 Å². The number of anilines is 3. The molecule has 1 aliphatic heterocycles. The molecule has 4 N–H and O–H groups in total. The van der Waals surface area contributed by atoms with E-state index in [-0.39, 0.29) is 43.9 Å². The van der Waals surface area contributed by atoms with Gasteiger partial charge in [-0.25, -0.2) is 14.8 Å². The number of nitrogens with zero attached hydrogens (tertiary/aromatic N) is 4. The first-order valence-electron chi connectivity index (χ1n) is 10.9. The number of benzene rings is 2. The molecule has 0 amide bonds. The number of ether oxygens (including phenoxy) is 1. The highest BCUT2D eigenvalue weighted by molar-refractivity contribution is 9.10. The molecule has 0 spiro atoms. The van der Waals surface area contributed by atoms with Crippen molar-refractivity contribution in [1.29, 1.82) is 5.41 Å². The van der Waals surface area contributed by atoms with E-state index in [9.17, 15) is 22.7 Å². The minimum atomic E-state index is -4.56. The summed E-state index contributed by atoms with van der Waals surface area (Å²) in [7, 11) is 0. The van der Waals surface area contributed by atoms with Gasteiger partial charge in [0.25, 0.3) is 0 Å². The molecule has 0 atom stereocenters. The Morgan fingerprint density at radius 2 is 2.00 bits per heavy atom. The Bertz CT molecular complexity index is 1380. The van der Waals surface area contributed by atoms with Gasteiger partial charge in [0.2, 0.25) is 5.95 Å². The van der Waals surface area contributed by atoms with Crippen LogP contribution in [0.1, 0.15) is 16.7 Å². The number of rotatable bonds is 6. The zero-order chi connectivity index (χ0) is 27.4. The number of nitrogens with one attached hydrogen (secondary N) is 3. The monoisotopic (exact) mass is 615 g/mol. The second-order valence-corrected chi connectivity index (χ2v) is 9.15. The first-order valence-corrected chi connectivity index (χ1v) is 12.1. The van der Waals surface area contributed by atoms with E-state index in [1.807, 2.05) is 0 Å². The molecule has 15 heteroatoms. The van der Waals surface area contributed by atoms with E-state index in [1.165, 1.54) is 18.2 Å². The third-order valence-electron chi connectivity index (χ3n) is 5.35. The van der Waals surface area contributed by atoms with Crippen molar-refractivity contribution >= 4 is 57.0 Å². The highest BCUT2D eigenvalue weighted by Crippen LogP contribution is 2.36. The zero-order valence-corrected chi connectivity index (χ0v) is 21.6. The Labute approximate surface area is 227 Å². The quantitative estimate of drug-likeness (QED) is 0.125. The normalized spacial score (nSPS) is 14.1. The average Bonchev–Trinajstić information content (AvgIpc) is 2.88. The van der Waals surface area contributed by atoms with Crippen LogP contribution in [0.4, 0.5) is 35.0 Å². The predicted molar refractivity (Wildman–Crippen MR) is 139 cm³/mol.